The zero-order valence-corrected chi connectivity index (χ0v) is 19.5. The van der Waals surface area contributed by atoms with E-state index in [-0.39, 0.29) is 12.5 Å². The zero-order chi connectivity index (χ0) is 24.8. The van der Waals surface area contributed by atoms with Crippen LogP contribution in [0.25, 0.3) is 11.1 Å². The lowest BCUT2D eigenvalue weighted by atomic mass is 9.98. The molecule has 3 N–H and O–H groups in total. The van der Waals surface area contributed by atoms with Gasteiger partial charge in [-0.3, -0.25) is 4.79 Å². The molecular weight excluding hydrogens is 444 g/mol. The molecule has 0 heterocycles. The van der Waals surface area contributed by atoms with E-state index < -0.39 is 24.0 Å². The largest absolute Gasteiger partial charge is 0.480 e. The number of amides is 2. The van der Waals surface area contributed by atoms with E-state index in [1.807, 2.05) is 24.3 Å². The average molecular weight is 473 g/mol. The number of carboxylic acid groups (broad SMARTS) is 1. The molecule has 35 heavy (non-hydrogen) atoms. The third-order valence-corrected chi connectivity index (χ3v) is 6.25. The molecule has 0 aromatic heterocycles. The fourth-order valence-corrected chi connectivity index (χ4v) is 4.36. The summed E-state index contributed by atoms with van der Waals surface area (Å²) in [4.78, 5) is 35.6. The molecule has 0 fully saturated rings. The highest BCUT2D eigenvalue weighted by molar-refractivity contribution is 5.96. The Hall–Kier alpha value is -4.13. The minimum atomic E-state index is -1.06. The Morgan fingerprint density at radius 1 is 0.914 bits per heavy atom. The second-order valence-corrected chi connectivity index (χ2v) is 8.47. The Balaban J connectivity index is 1.25. The molecule has 0 unspecified atom stereocenters. The van der Waals surface area contributed by atoms with Crippen LogP contribution < -0.4 is 10.6 Å². The van der Waals surface area contributed by atoms with Crippen molar-refractivity contribution in [3.8, 4) is 11.1 Å². The van der Waals surface area contributed by atoms with Crippen LogP contribution in [0, 0.1) is 0 Å². The fourth-order valence-electron chi connectivity index (χ4n) is 4.36. The molecule has 0 saturated heterocycles. The van der Waals surface area contributed by atoms with Crippen molar-refractivity contribution in [3.63, 3.8) is 0 Å². The number of carbonyl (C=O) groups excluding carboxylic acids is 2. The maximum Gasteiger partial charge on any atom is 0.407 e. The maximum absolute atomic E-state index is 12.3. The summed E-state index contributed by atoms with van der Waals surface area (Å²) in [6.45, 7) is 2.35. The highest BCUT2D eigenvalue weighted by Crippen LogP contribution is 2.44. The quantitative estimate of drug-likeness (QED) is 0.429. The minimum absolute atomic E-state index is 0.0141. The van der Waals surface area contributed by atoms with Crippen molar-refractivity contribution >= 4 is 18.0 Å². The first-order chi connectivity index (χ1) is 17.0. The number of carbonyl (C=O) groups is 3. The normalized spacial score (nSPS) is 12.8. The van der Waals surface area contributed by atoms with E-state index in [4.69, 9.17) is 9.84 Å². The van der Waals surface area contributed by atoms with E-state index in [0.717, 1.165) is 5.56 Å². The van der Waals surface area contributed by atoms with E-state index in [0.29, 0.717) is 24.9 Å². The molecule has 0 radical (unpaired) electrons. The first kappa shape index (κ1) is 24.0. The molecule has 1 atom stereocenters. The van der Waals surface area contributed by atoms with Crippen molar-refractivity contribution in [1.29, 1.82) is 0 Å². The van der Waals surface area contributed by atoms with Gasteiger partial charge >= 0.3 is 12.1 Å². The van der Waals surface area contributed by atoms with Gasteiger partial charge in [0.25, 0.3) is 5.91 Å². The average Bonchev–Trinajstić information content (AvgIpc) is 3.20. The van der Waals surface area contributed by atoms with Gasteiger partial charge in [0.15, 0.2) is 0 Å². The molecule has 4 rings (SSSR count). The van der Waals surface area contributed by atoms with Crippen LogP contribution in [-0.4, -0.2) is 42.3 Å². The third kappa shape index (κ3) is 5.51. The summed E-state index contributed by atoms with van der Waals surface area (Å²) in [6.07, 6.45) is 0.404. The van der Waals surface area contributed by atoms with E-state index in [1.54, 1.807) is 31.2 Å². The van der Waals surface area contributed by atoms with Crippen molar-refractivity contribution in [1.82, 2.24) is 10.6 Å². The highest BCUT2D eigenvalue weighted by atomic mass is 16.5. The van der Waals surface area contributed by atoms with Gasteiger partial charge in [-0.15, -0.1) is 0 Å². The summed E-state index contributed by atoms with van der Waals surface area (Å²) in [7, 11) is 0. The molecule has 1 aliphatic carbocycles. The van der Waals surface area contributed by atoms with Crippen molar-refractivity contribution in [2.75, 3.05) is 13.2 Å². The lowest BCUT2D eigenvalue weighted by Crippen LogP contribution is -2.40. The summed E-state index contributed by atoms with van der Waals surface area (Å²) in [5.41, 5.74) is 6.02. The predicted octanol–water partition coefficient (Wildman–Crippen LogP) is 4.36. The third-order valence-electron chi connectivity index (χ3n) is 6.25. The van der Waals surface area contributed by atoms with Gasteiger partial charge in [-0.1, -0.05) is 67.6 Å². The first-order valence-electron chi connectivity index (χ1n) is 11.7. The summed E-state index contributed by atoms with van der Waals surface area (Å²) < 4.78 is 5.54. The smallest absolute Gasteiger partial charge is 0.407 e. The molecule has 1 aliphatic rings. The number of hydrogen-bond acceptors (Lipinski definition) is 4. The molecule has 7 heteroatoms. The SMILES string of the molecule is CC[C@@H](NC(=O)c1ccc(CCNC(=O)OCC2c3ccccc3-c3ccccc32)cc1)C(=O)O. The molecule has 0 aliphatic heterocycles. The van der Waals surface area contributed by atoms with Crippen molar-refractivity contribution in [3.05, 3.63) is 95.1 Å². The molecule has 3 aromatic carbocycles. The number of aliphatic carboxylic acids is 1. The van der Waals surface area contributed by atoms with E-state index in [2.05, 4.69) is 34.9 Å². The van der Waals surface area contributed by atoms with Crippen LogP contribution in [0.2, 0.25) is 0 Å². The summed E-state index contributed by atoms with van der Waals surface area (Å²) in [5, 5.41) is 14.4. The lowest BCUT2D eigenvalue weighted by Gasteiger charge is -2.14. The first-order valence-corrected chi connectivity index (χ1v) is 11.7. The Morgan fingerprint density at radius 2 is 1.51 bits per heavy atom. The van der Waals surface area contributed by atoms with Crippen molar-refractivity contribution in [2.45, 2.75) is 31.7 Å². The predicted molar refractivity (Wildman–Crippen MR) is 132 cm³/mol. The summed E-state index contributed by atoms with van der Waals surface area (Å²) >= 11 is 0. The summed E-state index contributed by atoms with van der Waals surface area (Å²) in [6, 6.07) is 22.3. The second-order valence-electron chi connectivity index (χ2n) is 8.47. The number of fused-ring (bicyclic) bond motifs is 3. The Morgan fingerprint density at radius 3 is 2.09 bits per heavy atom. The number of alkyl carbamates (subject to hydrolysis) is 1. The van der Waals surface area contributed by atoms with Gasteiger partial charge in [0.2, 0.25) is 0 Å². The van der Waals surface area contributed by atoms with Crippen LogP contribution >= 0.6 is 0 Å². The van der Waals surface area contributed by atoms with E-state index >= 15 is 0 Å². The number of rotatable bonds is 9. The Labute approximate surface area is 204 Å². The zero-order valence-electron chi connectivity index (χ0n) is 19.5. The molecule has 0 saturated carbocycles. The number of nitrogens with one attached hydrogen (secondary N) is 2. The number of carboxylic acids is 1. The van der Waals surface area contributed by atoms with Gasteiger partial charge in [0, 0.05) is 18.0 Å². The second kappa shape index (κ2) is 10.9. The van der Waals surface area contributed by atoms with Crippen LogP contribution in [-0.2, 0) is 16.0 Å². The van der Waals surface area contributed by atoms with Crippen LogP contribution in [0.15, 0.2) is 72.8 Å². The van der Waals surface area contributed by atoms with Gasteiger partial charge in [-0.25, -0.2) is 9.59 Å². The topological polar surface area (TPSA) is 105 Å². The van der Waals surface area contributed by atoms with Crippen LogP contribution in [0.5, 0.6) is 0 Å². The number of benzene rings is 3. The lowest BCUT2D eigenvalue weighted by molar-refractivity contribution is -0.139. The van der Waals surface area contributed by atoms with E-state index in [9.17, 15) is 14.4 Å². The molecule has 3 aromatic rings. The van der Waals surface area contributed by atoms with Gasteiger partial charge in [0.1, 0.15) is 12.6 Å². The minimum Gasteiger partial charge on any atom is -0.480 e. The Bertz CT molecular complexity index is 1180. The monoisotopic (exact) mass is 472 g/mol. The fraction of sp³-hybridized carbons (Fsp3) is 0.250. The number of ether oxygens (including phenoxy) is 1. The van der Waals surface area contributed by atoms with Crippen LogP contribution in [0.4, 0.5) is 4.79 Å². The van der Waals surface area contributed by atoms with Gasteiger partial charge in [-0.2, -0.15) is 0 Å². The van der Waals surface area contributed by atoms with E-state index in [1.165, 1.54) is 22.3 Å². The summed E-state index contributed by atoms with van der Waals surface area (Å²) in [5.74, 6) is -1.47. The molecule has 2 amide bonds. The molecule has 0 spiro atoms. The highest BCUT2D eigenvalue weighted by Gasteiger charge is 2.29. The van der Waals surface area contributed by atoms with Gasteiger partial charge in [-0.05, 0) is 52.8 Å². The molecule has 0 bridgehead atoms. The van der Waals surface area contributed by atoms with Crippen LogP contribution in [0.1, 0.15) is 46.3 Å². The molecule has 180 valence electrons. The molecule has 7 nitrogen and oxygen atoms in total. The number of hydrogen-bond donors (Lipinski definition) is 3. The maximum atomic E-state index is 12.3. The standard InChI is InChI=1S/C28H28N2O5/c1-2-25(27(32)33)30-26(31)19-13-11-18(12-14-19)15-16-29-28(34)35-17-24-22-9-5-3-7-20(22)21-8-4-6-10-23(21)24/h3-14,24-25H,2,15-17H2,1H3,(H,29,34)(H,30,31)(H,32,33)/t25-/m1/s1. The van der Waals surface area contributed by atoms with Crippen molar-refractivity contribution < 1.29 is 24.2 Å². The van der Waals surface area contributed by atoms with Gasteiger partial charge < -0.3 is 20.5 Å². The van der Waals surface area contributed by atoms with Crippen molar-refractivity contribution in [2.24, 2.45) is 0 Å². The van der Waals surface area contributed by atoms with Gasteiger partial charge in [0.05, 0.1) is 0 Å². The van der Waals surface area contributed by atoms with Crippen LogP contribution in [0.3, 0.4) is 0 Å². The Kier molecular flexibility index (Phi) is 7.45. The molecular formula is C28H28N2O5.